The lowest BCUT2D eigenvalue weighted by atomic mass is 10.1. The minimum absolute atomic E-state index is 0.333. The highest BCUT2D eigenvalue weighted by Crippen LogP contribution is 2.23. The molecule has 0 saturated carbocycles. The van der Waals surface area contributed by atoms with Gasteiger partial charge in [-0.15, -0.1) is 0 Å². The summed E-state index contributed by atoms with van der Waals surface area (Å²) in [5, 5.41) is 4.93. The average Bonchev–Trinajstić information content (AvgIpc) is 2.36. The van der Waals surface area contributed by atoms with E-state index in [-0.39, 0.29) is 0 Å². The van der Waals surface area contributed by atoms with Gasteiger partial charge in [-0.3, -0.25) is 5.32 Å². The number of nitrogens with one attached hydrogen (secondary N) is 1. The lowest BCUT2D eigenvalue weighted by Crippen LogP contribution is -2.16. The van der Waals surface area contributed by atoms with E-state index in [1.807, 2.05) is 50.2 Å². The van der Waals surface area contributed by atoms with Crippen molar-refractivity contribution in [3.63, 3.8) is 0 Å². The van der Waals surface area contributed by atoms with Crippen LogP contribution in [0.2, 0.25) is 0 Å². The van der Waals surface area contributed by atoms with Crippen molar-refractivity contribution in [2.45, 2.75) is 13.8 Å². The molecule has 19 heavy (non-hydrogen) atoms. The maximum atomic E-state index is 11.6. The number of halogens is 1. The molecule has 2 rings (SSSR count). The van der Waals surface area contributed by atoms with Gasteiger partial charge in [0.1, 0.15) is 0 Å². The van der Waals surface area contributed by atoms with Crippen LogP contribution in [0.15, 0.2) is 40.9 Å². The zero-order valence-corrected chi connectivity index (χ0v) is 12.5. The Hall–Kier alpha value is -1.55. The summed E-state index contributed by atoms with van der Waals surface area (Å²) in [5.74, 6) is 0.333. The fourth-order valence-electron chi connectivity index (χ4n) is 1.69. The van der Waals surface area contributed by atoms with Gasteiger partial charge in [0, 0.05) is 10.2 Å². The summed E-state index contributed by atoms with van der Waals surface area (Å²) < 4.78 is 6.12. The third kappa shape index (κ3) is 3.96. The second-order valence-corrected chi connectivity index (χ2v) is 5.74. The van der Waals surface area contributed by atoms with Crippen molar-refractivity contribution in [1.29, 1.82) is 0 Å². The first-order valence-electron chi connectivity index (χ1n) is 6.17. The number of hydrogen-bond donors (Lipinski definition) is 1. The molecular weight excluding hydrogens is 306 g/mol. The Balaban J connectivity index is 2.09. The SMILES string of the molecule is CC(C)COC(=O)Nc1ccc2cc(Br)ccc2c1. The number of carbonyl (C=O) groups excluding carboxylic acids is 1. The summed E-state index contributed by atoms with van der Waals surface area (Å²) in [4.78, 5) is 11.6. The van der Waals surface area contributed by atoms with Crippen LogP contribution in [0.5, 0.6) is 0 Å². The van der Waals surface area contributed by atoms with Crippen LogP contribution in [-0.4, -0.2) is 12.7 Å². The van der Waals surface area contributed by atoms with E-state index in [1.165, 1.54) is 0 Å². The Morgan fingerprint density at radius 2 is 1.89 bits per heavy atom. The second kappa shape index (κ2) is 6.06. The number of carbonyl (C=O) groups is 1. The maximum Gasteiger partial charge on any atom is 0.411 e. The molecule has 0 atom stereocenters. The molecule has 0 aliphatic heterocycles. The number of rotatable bonds is 3. The van der Waals surface area contributed by atoms with Crippen molar-refractivity contribution in [3.8, 4) is 0 Å². The van der Waals surface area contributed by atoms with Crippen LogP contribution in [0, 0.1) is 5.92 Å². The van der Waals surface area contributed by atoms with Crippen molar-refractivity contribution in [2.24, 2.45) is 5.92 Å². The molecule has 2 aromatic rings. The molecule has 0 aliphatic rings. The summed E-state index contributed by atoms with van der Waals surface area (Å²) >= 11 is 3.44. The molecule has 0 unspecified atom stereocenters. The lowest BCUT2D eigenvalue weighted by Gasteiger charge is -2.09. The number of ether oxygens (including phenoxy) is 1. The molecule has 0 saturated heterocycles. The van der Waals surface area contributed by atoms with Crippen LogP contribution in [0.25, 0.3) is 10.8 Å². The predicted molar refractivity (Wildman–Crippen MR) is 81.5 cm³/mol. The van der Waals surface area contributed by atoms with Gasteiger partial charge in [0.15, 0.2) is 0 Å². The van der Waals surface area contributed by atoms with Gasteiger partial charge in [0.25, 0.3) is 0 Å². The van der Waals surface area contributed by atoms with Gasteiger partial charge in [-0.05, 0) is 41.0 Å². The number of anilines is 1. The van der Waals surface area contributed by atoms with Crippen LogP contribution in [0.1, 0.15) is 13.8 Å². The molecule has 4 heteroatoms. The summed E-state index contributed by atoms with van der Waals surface area (Å²) in [6, 6.07) is 11.8. The molecule has 1 amide bonds. The van der Waals surface area contributed by atoms with Crippen molar-refractivity contribution in [2.75, 3.05) is 11.9 Å². The predicted octanol–water partition coefficient (Wildman–Crippen LogP) is 4.81. The van der Waals surface area contributed by atoms with E-state index in [9.17, 15) is 4.79 Å². The van der Waals surface area contributed by atoms with Gasteiger partial charge >= 0.3 is 6.09 Å². The standard InChI is InChI=1S/C15H16BrNO2/c1-10(2)9-19-15(18)17-14-6-4-11-7-13(16)5-3-12(11)8-14/h3-8,10H,9H2,1-2H3,(H,17,18). The van der Waals surface area contributed by atoms with Crippen LogP contribution in [0.4, 0.5) is 10.5 Å². The molecule has 0 bridgehead atoms. The smallest absolute Gasteiger partial charge is 0.411 e. The first-order chi connectivity index (χ1) is 9.04. The van der Waals surface area contributed by atoms with Crippen LogP contribution < -0.4 is 5.32 Å². The minimum Gasteiger partial charge on any atom is -0.449 e. The van der Waals surface area contributed by atoms with E-state index in [0.29, 0.717) is 12.5 Å². The Morgan fingerprint density at radius 3 is 2.63 bits per heavy atom. The minimum atomic E-state index is -0.412. The van der Waals surface area contributed by atoms with Gasteiger partial charge in [-0.2, -0.15) is 0 Å². The van der Waals surface area contributed by atoms with Crippen LogP contribution >= 0.6 is 15.9 Å². The monoisotopic (exact) mass is 321 g/mol. The first-order valence-corrected chi connectivity index (χ1v) is 6.97. The Labute approximate surface area is 121 Å². The summed E-state index contributed by atoms with van der Waals surface area (Å²) in [5.41, 5.74) is 0.739. The van der Waals surface area contributed by atoms with E-state index in [1.54, 1.807) is 0 Å². The van der Waals surface area contributed by atoms with Crippen molar-refractivity contribution in [3.05, 3.63) is 40.9 Å². The average molecular weight is 322 g/mol. The summed E-state index contributed by atoms with van der Waals surface area (Å²) in [7, 11) is 0. The zero-order valence-electron chi connectivity index (χ0n) is 10.9. The maximum absolute atomic E-state index is 11.6. The van der Waals surface area contributed by atoms with E-state index in [4.69, 9.17) is 4.74 Å². The number of amides is 1. The molecule has 0 radical (unpaired) electrons. The van der Waals surface area contributed by atoms with Gasteiger partial charge in [-0.1, -0.05) is 41.9 Å². The molecule has 3 nitrogen and oxygen atoms in total. The topological polar surface area (TPSA) is 38.3 Å². The fraction of sp³-hybridized carbons (Fsp3) is 0.267. The highest BCUT2D eigenvalue weighted by molar-refractivity contribution is 9.10. The van der Waals surface area contributed by atoms with Crippen molar-refractivity contribution in [1.82, 2.24) is 0 Å². The fourth-order valence-corrected chi connectivity index (χ4v) is 2.07. The second-order valence-electron chi connectivity index (χ2n) is 4.82. The third-order valence-electron chi connectivity index (χ3n) is 2.60. The van der Waals surface area contributed by atoms with E-state index < -0.39 is 6.09 Å². The van der Waals surface area contributed by atoms with E-state index in [2.05, 4.69) is 21.2 Å². The molecule has 100 valence electrons. The van der Waals surface area contributed by atoms with Crippen molar-refractivity contribution < 1.29 is 9.53 Å². The first kappa shape index (κ1) is 13.9. The molecule has 0 spiro atoms. The summed E-state index contributed by atoms with van der Waals surface area (Å²) in [6.45, 7) is 4.43. The molecule has 0 aromatic heterocycles. The highest BCUT2D eigenvalue weighted by atomic mass is 79.9. The largest absolute Gasteiger partial charge is 0.449 e. The molecule has 0 aliphatic carbocycles. The number of hydrogen-bond acceptors (Lipinski definition) is 2. The quantitative estimate of drug-likeness (QED) is 0.881. The number of fused-ring (bicyclic) bond motifs is 1. The van der Waals surface area contributed by atoms with E-state index >= 15 is 0 Å². The molecule has 2 aromatic carbocycles. The zero-order chi connectivity index (χ0) is 13.8. The highest BCUT2D eigenvalue weighted by Gasteiger charge is 2.05. The molecular formula is C15H16BrNO2. The van der Waals surface area contributed by atoms with Gasteiger partial charge in [0.05, 0.1) is 6.61 Å². The molecule has 1 N–H and O–H groups in total. The Morgan fingerprint density at radius 1 is 1.21 bits per heavy atom. The molecule has 0 fully saturated rings. The normalized spacial score (nSPS) is 10.7. The summed E-state index contributed by atoms with van der Waals surface area (Å²) in [6.07, 6.45) is -0.412. The van der Waals surface area contributed by atoms with E-state index in [0.717, 1.165) is 20.9 Å². The van der Waals surface area contributed by atoms with Gasteiger partial charge in [0.2, 0.25) is 0 Å². The van der Waals surface area contributed by atoms with Gasteiger partial charge in [-0.25, -0.2) is 4.79 Å². The Kier molecular flexibility index (Phi) is 4.43. The Bertz CT molecular complexity index is 596. The lowest BCUT2D eigenvalue weighted by molar-refractivity contribution is 0.147. The van der Waals surface area contributed by atoms with Crippen molar-refractivity contribution >= 4 is 38.5 Å². The number of benzene rings is 2. The van der Waals surface area contributed by atoms with Crippen LogP contribution in [-0.2, 0) is 4.74 Å². The molecule has 0 heterocycles. The third-order valence-corrected chi connectivity index (χ3v) is 3.09. The van der Waals surface area contributed by atoms with Crippen LogP contribution in [0.3, 0.4) is 0 Å². The van der Waals surface area contributed by atoms with Gasteiger partial charge < -0.3 is 4.74 Å².